The first-order valence-corrected chi connectivity index (χ1v) is 9.39. The first kappa shape index (κ1) is 20.3. The predicted octanol–water partition coefficient (Wildman–Crippen LogP) is 3.76. The Kier molecular flexibility index (Phi) is 5.83. The number of hydrogen-bond donors (Lipinski definition) is 1. The van der Waals surface area contributed by atoms with E-state index in [1.165, 1.54) is 12.1 Å². The van der Waals surface area contributed by atoms with Crippen molar-refractivity contribution in [2.24, 2.45) is 5.73 Å². The third kappa shape index (κ3) is 4.37. The quantitative estimate of drug-likeness (QED) is 0.805. The molecule has 0 radical (unpaired) electrons. The van der Waals surface area contributed by atoms with Gasteiger partial charge in [-0.25, -0.2) is 9.18 Å². The topological polar surface area (TPSA) is 96.4 Å². The summed E-state index contributed by atoms with van der Waals surface area (Å²) in [6.07, 6.45) is 0.217. The van der Waals surface area contributed by atoms with Crippen molar-refractivity contribution >= 4 is 12.0 Å². The Labute approximate surface area is 168 Å². The summed E-state index contributed by atoms with van der Waals surface area (Å²) in [6.45, 7) is 2.28. The number of nitrogens with two attached hydrogens (primary N) is 1. The van der Waals surface area contributed by atoms with Crippen LogP contribution < -0.4 is 5.73 Å². The Hall–Kier alpha value is -3.40. The highest BCUT2D eigenvalue weighted by molar-refractivity contribution is 5.74. The minimum absolute atomic E-state index is 0.0514. The molecule has 0 spiro atoms. The van der Waals surface area contributed by atoms with E-state index in [0.29, 0.717) is 24.1 Å². The van der Waals surface area contributed by atoms with Gasteiger partial charge in [-0.2, -0.15) is 5.26 Å². The lowest BCUT2D eigenvalue weighted by molar-refractivity contribution is -0.121. The summed E-state index contributed by atoms with van der Waals surface area (Å²) in [5.41, 5.74) is 6.35. The number of nitriles is 1. The molecule has 1 fully saturated rings. The molecule has 1 aliphatic rings. The summed E-state index contributed by atoms with van der Waals surface area (Å²) in [4.78, 5) is 25.8. The van der Waals surface area contributed by atoms with E-state index in [4.69, 9.17) is 15.7 Å². The minimum Gasteiger partial charge on any atom is -0.438 e. The van der Waals surface area contributed by atoms with Gasteiger partial charge in [0, 0.05) is 25.8 Å². The van der Waals surface area contributed by atoms with Crippen molar-refractivity contribution in [3.05, 3.63) is 71.0 Å². The first-order valence-electron chi connectivity index (χ1n) is 9.39. The molecule has 1 unspecified atom stereocenters. The molecule has 29 heavy (non-hydrogen) atoms. The van der Waals surface area contributed by atoms with Crippen molar-refractivity contribution < 1.29 is 18.7 Å². The van der Waals surface area contributed by atoms with E-state index in [9.17, 15) is 14.0 Å². The minimum atomic E-state index is -1.03. The number of nitrogens with zero attached hydrogens (tertiary/aromatic N) is 2. The molecule has 2 atom stereocenters. The Morgan fingerprint density at radius 3 is 2.48 bits per heavy atom. The number of halogens is 1. The molecule has 1 saturated heterocycles. The molecule has 2 amide bonds. The van der Waals surface area contributed by atoms with Crippen LogP contribution in [-0.2, 0) is 15.1 Å². The van der Waals surface area contributed by atoms with Crippen molar-refractivity contribution in [1.82, 2.24) is 4.90 Å². The molecule has 6 nitrogen and oxygen atoms in total. The maximum absolute atomic E-state index is 13.4. The molecule has 1 aliphatic heterocycles. The van der Waals surface area contributed by atoms with Gasteiger partial charge in [0.2, 0.25) is 5.91 Å². The number of carbonyl (C=O) groups excluding carboxylic acids is 2. The van der Waals surface area contributed by atoms with Crippen molar-refractivity contribution in [3.63, 3.8) is 0 Å². The van der Waals surface area contributed by atoms with Gasteiger partial charge in [0.15, 0.2) is 0 Å². The lowest BCUT2D eigenvalue weighted by Gasteiger charge is -2.43. The van der Waals surface area contributed by atoms with Crippen LogP contribution in [0.5, 0.6) is 0 Å². The number of rotatable bonds is 6. The zero-order valence-electron chi connectivity index (χ0n) is 16.1. The molecule has 0 bridgehead atoms. The van der Waals surface area contributed by atoms with Gasteiger partial charge in [0.05, 0.1) is 17.7 Å². The average Bonchev–Trinajstić information content (AvgIpc) is 2.72. The lowest BCUT2D eigenvalue weighted by Crippen LogP contribution is -2.49. The Morgan fingerprint density at radius 1 is 1.28 bits per heavy atom. The van der Waals surface area contributed by atoms with Crippen molar-refractivity contribution in [2.75, 3.05) is 6.54 Å². The van der Waals surface area contributed by atoms with Crippen molar-refractivity contribution in [2.45, 2.75) is 37.8 Å². The van der Waals surface area contributed by atoms with E-state index in [1.807, 2.05) is 19.1 Å². The zero-order chi connectivity index (χ0) is 21.0. The zero-order valence-corrected chi connectivity index (χ0v) is 16.1. The molecule has 2 aromatic carbocycles. The fourth-order valence-corrected chi connectivity index (χ4v) is 3.64. The monoisotopic (exact) mass is 395 g/mol. The van der Waals surface area contributed by atoms with E-state index >= 15 is 0 Å². The van der Waals surface area contributed by atoms with Gasteiger partial charge in [-0.15, -0.1) is 0 Å². The average molecular weight is 395 g/mol. The third-order valence-corrected chi connectivity index (χ3v) is 5.41. The van der Waals surface area contributed by atoms with Crippen LogP contribution in [0.25, 0.3) is 0 Å². The van der Waals surface area contributed by atoms with E-state index in [1.54, 1.807) is 29.2 Å². The predicted molar refractivity (Wildman–Crippen MR) is 104 cm³/mol. The fourth-order valence-electron chi connectivity index (χ4n) is 3.64. The molecule has 3 rings (SSSR count). The largest absolute Gasteiger partial charge is 0.438 e. The van der Waals surface area contributed by atoms with Crippen LogP contribution in [0.1, 0.15) is 48.9 Å². The van der Waals surface area contributed by atoms with E-state index < -0.39 is 23.4 Å². The molecule has 2 N–H and O–H groups in total. The van der Waals surface area contributed by atoms with Gasteiger partial charge in [0.1, 0.15) is 11.4 Å². The first-order chi connectivity index (χ1) is 13.8. The second kappa shape index (κ2) is 8.31. The number of hydrogen-bond acceptors (Lipinski definition) is 4. The van der Waals surface area contributed by atoms with Gasteiger partial charge in [0.25, 0.3) is 0 Å². The van der Waals surface area contributed by atoms with E-state index in [0.717, 1.165) is 5.56 Å². The van der Waals surface area contributed by atoms with E-state index in [-0.39, 0.29) is 18.9 Å². The molecule has 0 aliphatic carbocycles. The third-order valence-electron chi connectivity index (χ3n) is 5.41. The molecule has 1 heterocycles. The number of carbonyl (C=O) groups is 2. The molecular formula is C22H22FN3O3. The molecule has 150 valence electrons. The number of benzene rings is 2. The number of amides is 2. The summed E-state index contributed by atoms with van der Waals surface area (Å²) in [5, 5.41) is 8.94. The van der Waals surface area contributed by atoms with Gasteiger partial charge >= 0.3 is 6.09 Å². The summed E-state index contributed by atoms with van der Waals surface area (Å²) in [5.74, 6) is -0.882. The normalized spacial score (nSPS) is 19.9. The highest BCUT2D eigenvalue weighted by Crippen LogP contribution is 2.40. The Morgan fingerprint density at radius 2 is 1.93 bits per heavy atom. The smallest absolute Gasteiger partial charge is 0.411 e. The summed E-state index contributed by atoms with van der Waals surface area (Å²) < 4.78 is 19.2. The second-order valence-corrected chi connectivity index (χ2v) is 7.19. The Balaban J connectivity index is 1.83. The highest BCUT2D eigenvalue weighted by Gasteiger charge is 2.43. The summed E-state index contributed by atoms with van der Waals surface area (Å²) in [6, 6.07) is 14.6. The molecular weight excluding hydrogens is 373 g/mol. The molecule has 2 aromatic rings. The van der Waals surface area contributed by atoms with Crippen molar-refractivity contribution in [1.29, 1.82) is 5.26 Å². The van der Waals surface area contributed by atoms with Gasteiger partial charge in [-0.1, -0.05) is 24.3 Å². The molecule has 0 aromatic heterocycles. The Bertz CT molecular complexity index is 937. The summed E-state index contributed by atoms with van der Waals surface area (Å²) in [7, 11) is 0. The van der Waals surface area contributed by atoms with Gasteiger partial charge in [-0.3, -0.25) is 4.79 Å². The molecule has 0 saturated carbocycles. The van der Waals surface area contributed by atoms with Gasteiger partial charge in [-0.05, 0) is 42.3 Å². The lowest BCUT2D eigenvalue weighted by atomic mass is 9.84. The highest BCUT2D eigenvalue weighted by atomic mass is 19.1. The van der Waals surface area contributed by atoms with Crippen LogP contribution in [0.3, 0.4) is 0 Å². The maximum Gasteiger partial charge on any atom is 0.411 e. The van der Waals surface area contributed by atoms with Crippen LogP contribution in [0.2, 0.25) is 0 Å². The van der Waals surface area contributed by atoms with Crippen LogP contribution in [-0.4, -0.2) is 23.4 Å². The maximum atomic E-state index is 13.4. The van der Waals surface area contributed by atoms with Crippen LogP contribution in [0, 0.1) is 17.1 Å². The molecule has 7 heteroatoms. The fraction of sp³-hybridized carbons (Fsp3) is 0.318. The standard InChI is InChI=1S/C22H22FN3O3/c1-15(17-4-2-16(14-24)3-5-17)26-13-12-22(29-21(26)28,11-10-20(25)27)18-6-8-19(23)9-7-18/h2-9,15H,10-13H2,1H3,(H2,25,27)/t15-,22?/m0/s1. The number of primary amides is 1. The number of cyclic esters (lactones) is 1. The number of ether oxygens (including phenoxy) is 1. The van der Waals surface area contributed by atoms with Crippen LogP contribution in [0.4, 0.5) is 9.18 Å². The SMILES string of the molecule is C[C@@H](c1ccc(C#N)cc1)N1CCC(CCC(N)=O)(c2ccc(F)cc2)OC1=O. The van der Waals surface area contributed by atoms with Crippen molar-refractivity contribution in [3.8, 4) is 6.07 Å². The van der Waals surface area contributed by atoms with Gasteiger partial charge < -0.3 is 15.4 Å². The van der Waals surface area contributed by atoms with Crippen LogP contribution >= 0.6 is 0 Å². The van der Waals surface area contributed by atoms with Crippen LogP contribution in [0.15, 0.2) is 48.5 Å². The second-order valence-electron chi connectivity index (χ2n) is 7.19. The summed E-state index contributed by atoms with van der Waals surface area (Å²) >= 11 is 0. The van der Waals surface area contributed by atoms with E-state index in [2.05, 4.69) is 6.07 Å².